The summed E-state index contributed by atoms with van der Waals surface area (Å²) < 4.78 is 14.7. The minimum absolute atomic E-state index is 0.338. The van der Waals surface area contributed by atoms with Crippen molar-refractivity contribution in [1.82, 2.24) is 9.55 Å². The third kappa shape index (κ3) is 2.28. The first kappa shape index (κ1) is 10.8. The fourth-order valence-corrected chi connectivity index (χ4v) is 1.56. The number of rotatable bonds is 3. The number of nitrogens with zero attached hydrogens (tertiary/aromatic N) is 2. The maximum Gasteiger partial charge on any atom is 0.169 e. The largest absolute Gasteiger partial charge is 0.332 e. The van der Waals surface area contributed by atoms with Crippen molar-refractivity contribution in [2.75, 3.05) is 0 Å². The van der Waals surface area contributed by atoms with Crippen molar-refractivity contribution in [1.29, 1.82) is 0 Å². The minimum Gasteiger partial charge on any atom is -0.332 e. The van der Waals surface area contributed by atoms with E-state index in [2.05, 4.69) is 4.98 Å². The number of carbonyl (C=O) groups is 1. The maximum absolute atomic E-state index is 13.0. The Bertz CT molecular complexity index is 524. The molecule has 2 rings (SSSR count). The highest BCUT2D eigenvalue weighted by molar-refractivity contribution is 6.31. The third-order valence-corrected chi connectivity index (χ3v) is 2.50. The predicted octanol–water partition coefficient (Wildman–Crippen LogP) is 2.54. The predicted molar refractivity (Wildman–Crippen MR) is 58.1 cm³/mol. The van der Waals surface area contributed by atoms with E-state index >= 15 is 0 Å². The van der Waals surface area contributed by atoms with Crippen molar-refractivity contribution in [3.8, 4) is 0 Å². The lowest BCUT2D eigenvalue weighted by Crippen LogP contribution is -1.98. The van der Waals surface area contributed by atoms with E-state index in [0.29, 0.717) is 29.1 Å². The van der Waals surface area contributed by atoms with E-state index in [1.54, 1.807) is 10.8 Å². The van der Waals surface area contributed by atoms with E-state index in [9.17, 15) is 9.18 Å². The number of carbonyl (C=O) groups excluding carboxylic acids is 1. The van der Waals surface area contributed by atoms with Crippen LogP contribution in [0.3, 0.4) is 0 Å². The van der Waals surface area contributed by atoms with E-state index in [0.717, 1.165) is 0 Å². The summed E-state index contributed by atoms with van der Waals surface area (Å²) in [5, 5.41) is 0.489. The van der Waals surface area contributed by atoms with E-state index in [1.807, 2.05) is 0 Å². The summed E-state index contributed by atoms with van der Waals surface area (Å²) in [7, 11) is 0. The Morgan fingerprint density at radius 2 is 2.31 bits per heavy atom. The van der Waals surface area contributed by atoms with Crippen LogP contribution in [0, 0.1) is 5.82 Å². The monoisotopic (exact) mass is 238 g/mol. The Morgan fingerprint density at radius 1 is 1.50 bits per heavy atom. The summed E-state index contributed by atoms with van der Waals surface area (Å²) >= 11 is 5.92. The van der Waals surface area contributed by atoms with E-state index in [-0.39, 0.29) is 5.82 Å². The van der Waals surface area contributed by atoms with Gasteiger partial charge < -0.3 is 4.57 Å². The SMILES string of the molecule is O=Cc1cn(Cc2cc(F)ccc2Cl)cn1. The van der Waals surface area contributed by atoms with Crippen LogP contribution < -0.4 is 0 Å². The molecule has 0 aliphatic heterocycles. The van der Waals surface area contributed by atoms with Gasteiger partial charge in [0.25, 0.3) is 0 Å². The molecule has 82 valence electrons. The van der Waals surface area contributed by atoms with E-state index in [4.69, 9.17) is 11.6 Å². The lowest BCUT2D eigenvalue weighted by atomic mass is 10.2. The number of aldehydes is 1. The molecule has 1 aromatic carbocycles. The van der Waals surface area contributed by atoms with Crippen LogP contribution in [0.5, 0.6) is 0 Å². The fourth-order valence-electron chi connectivity index (χ4n) is 1.39. The molecule has 0 aliphatic rings. The first-order valence-corrected chi connectivity index (χ1v) is 4.97. The standard InChI is InChI=1S/C11H8ClFN2O/c12-11-2-1-9(13)3-8(11)4-15-5-10(6-16)14-7-15/h1-3,5-7H,4H2. The van der Waals surface area contributed by atoms with Gasteiger partial charge in [0.1, 0.15) is 11.5 Å². The normalized spacial score (nSPS) is 10.4. The highest BCUT2D eigenvalue weighted by atomic mass is 35.5. The molecule has 0 unspecified atom stereocenters. The van der Waals surface area contributed by atoms with Gasteiger partial charge in [0.2, 0.25) is 0 Å². The molecule has 0 spiro atoms. The smallest absolute Gasteiger partial charge is 0.169 e. The van der Waals surface area contributed by atoms with Crippen molar-refractivity contribution in [3.05, 3.63) is 52.8 Å². The van der Waals surface area contributed by atoms with Gasteiger partial charge in [-0.05, 0) is 23.8 Å². The third-order valence-electron chi connectivity index (χ3n) is 2.13. The Hall–Kier alpha value is -1.68. The Morgan fingerprint density at radius 3 is 3.00 bits per heavy atom. The molecule has 0 fully saturated rings. The molecule has 16 heavy (non-hydrogen) atoms. The van der Waals surface area contributed by atoms with Gasteiger partial charge in [0.05, 0.1) is 12.9 Å². The molecule has 0 radical (unpaired) electrons. The van der Waals surface area contributed by atoms with Gasteiger partial charge in [-0.2, -0.15) is 0 Å². The van der Waals surface area contributed by atoms with Gasteiger partial charge in [-0.3, -0.25) is 4.79 Å². The van der Waals surface area contributed by atoms with Gasteiger partial charge in [0.15, 0.2) is 6.29 Å². The quantitative estimate of drug-likeness (QED) is 0.771. The Kier molecular flexibility index (Phi) is 3.01. The molecular weight excluding hydrogens is 231 g/mol. The van der Waals surface area contributed by atoms with Crippen LogP contribution in [0.15, 0.2) is 30.7 Å². The molecule has 1 heterocycles. The van der Waals surface area contributed by atoms with Gasteiger partial charge in [-0.25, -0.2) is 9.37 Å². The van der Waals surface area contributed by atoms with Gasteiger partial charge in [-0.1, -0.05) is 11.6 Å². The summed E-state index contributed by atoms with van der Waals surface area (Å²) in [6.07, 6.45) is 3.74. The van der Waals surface area contributed by atoms with Crippen LogP contribution in [0.1, 0.15) is 16.1 Å². The van der Waals surface area contributed by atoms with E-state index in [1.165, 1.54) is 24.5 Å². The number of halogens is 2. The number of aromatic nitrogens is 2. The van der Waals surface area contributed by atoms with Crippen LogP contribution in [0.2, 0.25) is 5.02 Å². The molecule has 5 heteroatoms. The van der Waals surface area contributed by atoms with Gasteiger partial charge >= 0.3 is 0 Å². The Balaban J connectivity index is 2.26. The molecule has 0 saturated heterocycles. The highest BCUT2D eigenvalue weighted by Crippen LogP contribution is 2.18. The first-order valence-electron chi connectivity index (χ1n) is 4.60. The zero-order valence-electron chi connectivity index (χ0n) is 8.23. The molecular formula is C11H8ClFN2O. The molecule has 0 atom stereocenters. The number of imidazole rings is 1. The van der Waals surface area contributed by atoms with Crippen molar-refractivity contribution >= 4 is 17.9 Å². The molecule has 0 amide bonds. The highest BCUT2D eigenvalue weighted by Gasteiger charge is 2.04. The molecule has 2 aromatic rings. The van der Waals surface area contributed by atoms with Crippen molar-refractivity contribution in [2.24, 2.45) is 0 Å². The molecule has 0 bridgehead atoms. The summed E-state index contributed by atoms with van der Waals surface area (Å²) in [4.78, 5) is 14.3. The lowest BCUT2D eigenvalue weighted by molar-refractivity contribution is 0.111. The summed E-state index contributed by atoms with van der Waals surface area (Å²) in [5.41, 5.74) is 0.990. The average Bonchev–Trinajstić information content (AvgIpc) is 2.71. The number of hydrogen-bond acceptors (Lipinski definition) is 2. The molecule has 0 aliphatic carbocycles. The van der Waals surface area contributed by atoms with Crippen LogP contribution in [0.4, 0.5) is 4.39 Å². The van der Waals surface area contributed by atoms with Crippen LogP contribution in [-0.2, 0) is 6.54 Å². The van der Waals surface area contributed by atoms with E-state index < -0.39 is 0 Å². The van der Waals surface area contributed by atoms with Crippen molar-refractivity contribution < 1.29 is 9.18 Å². The summed E-state index contributed by atoms with van der Waals surface area (Å²) in [6.45, 7) is 0.386. The zero-order valence-corrected chi connectivity index (χ0v) is 8.99. The molecule has 1 aromatic heterocycles. The summed E-state index contributed by atoms with van der Waals surface area (Å²) in [5.74, 6) is -0.338. The second kappa shape index (κ2) is 4.45. The van der Waals surface area contributed by atoms with Crippen LogP contribution >= 0.6 is 11.6 Å². The second-order valence-electron chi connectivity index (χ2n) is 3.32. The minimum atomic E-state index is -0.338. The lowest BCUT2D eigenvalue weighted by Gasteiger charge is -2.04. The maximum atomic E-state index is 13.0. The van der Waals surface area contributed by atoms with Crippen LogP contribution in [0.25, 0.3) is 0 Å². The zero-order chi connectivity index (χ0) is 11.5. The number of hydrogen-bond donors (Lipinski definition) is 0. The first-order chi connectivity index (χ1) is 7.69. The van der Waals surface area contributed by atoms with Crippen LogP contribution in [-0.4, -0.2) is 15.8 Å². The Labute approximate surface area is 96.5 Å². The topological polar surface area (TPSA) is 34.9 Å². The average molecular weight is 239 g/mol. The number of benzene rings is 1. The van der Waals surface area contributed by atoms with Crippen molar-refractivity contribution in [3.63, 3.8) is 0 Å². The second-order valence-corrected chi connectivity index (χ2v) is 3.73. The van der Waals surface area contributed by atoms with Crippen molar-refractivity contribution in [2.45, 2.75) is 6.54 Å². The molecule has 0 N–H and O–H groups in total. The van der Waals surface area contributed by atoms with Gasteiger partial charge in [0, 0.05) is 11.2 Å². The molecule has 0 saturated carbocycles. The fraction of sp³-hybridized carbons (Fsp3) is 0.0909. The summed E-state index contributed by atoms with van der Waals surface area (Å²) in [6, 6.07) is 4.17. The van der Waals surface area contributed by atoms with Gasteiger partial charge in [-0.15, -0.1) is 0 Å². The molecule has 3 nitrogen and oxygen atoms in total.